The molecule has 7 heteroatoms. The van der Waals surface area contributed by atoms with Gasteiger partial charge in [-0.2, -0.15) is 22.3 Å². The van der Waals surface area contributed by atoms with E-state index in [1.807, 2.05) is 28.2 Å². The first kappa shape index (κ1) is 23.9. The van der Waals surface area contributed by atoms with Crippen LogP contribution in [0.1, 0.15) is 33.4 Å². The minimum absolute atomic E-state index is 0. The van der Waals surface area contributed by atoms with Gasteiger partial charge in [-0.1, -0.05) is 63.6 Å². The number of hydrogen-bond acceptors (Lipinski definition) is 2. The van der Waals surface area contributed by atoms with Crippen molar-refractivity contribution in [1.82, 2.24) is 18.3 Å². The second kappa shape index (κ2) is 8.03. The van der Waals surface area contributed by atoms with Gasteiger partial charge >= 0.3 is 17.1 Å². The summed E-state index contributed by atoms with van der Waals surface area (Å²) in [5.74, 6) is 0. The minimum atomic E-state index is 0. The van der Waals surface area contributed by atoms with Crippen LogP contribution < -0.4 is 0 Å². The van der Waals surface area contributed by atoms with Gasteiger partial charge in [-0.15, -0.1) is 11.1 Å². The maximum atomic E-state index is 5.34. The van der Waals surface area contributed by atoms with E-state index in [1.54, 1.807) is 0 Å². The fraction of sp³-hybridized carbons (Fsp3) is 0.455. The van der Waals surface area contributed by atoms with Gasteiger partial charge in [-0.25, -0.2) is 0 Å². The molecule has 0 aliphatic rings. The maximum absolute atomic E-state index is 5.34. The van der Waals surface area contributed by atoms with Crippen LogP contribution in [0, 0.1) is 51.1 Å². The van der Waals surface area contributed by atoms with Gasteiger partial charge in [-0.05, 0) is 24.4 Å². The standard InChI is InChI=1S/2C11H15N2S.Fe/c2*1-6-7(2)9-10(8(6)3)13(5)11(14)12(9)4;/h2*1-5H3;/q2*-1;+2. The summed E-state index contributed by atoms with van der Waals surface area (Å²) in [6.45, 7) is 13.0. The van der Waals surface area contributed by atoms with Crippen LogP contribution in [0.25, 0.3) is 22.1 Å². The zero-order valence-electron chi connectivity index (χ0n) is 19.0. The quantitative estimate of drug-likeness (QED) is 0.185. The first-order valence-corrected chi connectivity index (χ1v) is 10.3. The first-order chi connectivity index (χ1) is 12.9. The Hall–Kier alpha value is -1.40. The third kappa shape index (κ3) is 3.23. The Morgan fingerprint density at radius 1 is 0.586 bits per heavy atom. The Labute approximate surface area is 193 Å². The van der Waals surface area contributed by atoms with E-state index in [1.165, 1.54) is 55.4 Å². The monoisotopic (exact) mass is 470 g/mol. The van der Waals surface area contributed by atoms with Gasteiger partial charge in [0.25, 0.3) is 0 Å². The van der Waals surface area contributed by atoms with Gasteiger partial charge in [0.15, 0.2) is 9.54 Å². The van der Waals surface area contributed by atoms with E-state index in [9.17, 15) is 0 Å². The second-order valence-electron chi connectivity index (χ2n) is 7.95. The van der Waals surface area contributed by atoms with Crippen molar-refractivity contribution in [1.29, 1.82) is 0 Å². The van der Waals surface area contributed by atoms with Crippen LogP contribution in [0.4, 0.5) is 0 Å². The van der Waals surface area contributed by atoms with Crippen molar-refractivity contribution in [2.75, 3.05) is 0 Å². The van der Waals surface area contributed by atoms with E-state index in [0.717, 1.165) is 9.54 Å². The predicted molar refractivity (Wildman–Crippen MR) is 125 cm³/mol. The van der Waals surface area contributed by atoms with Gasteiger partial charge < -0.3 is 18.3 Å². The van der Waals surface area contributed by atoms with Crippen molar-refractivity contribution in [2.24, 2.45) is 28.2 Å². The summed E-state index contributed by atoms with van der Waals surface area (Å²) < 4.78 is 10.2. The molecule has 0 atom stereocenters. The molecule has 2 aromatic carbocycles. The zero-order valence-corrected chi connectivity index (χ0v) is 21.7. The van der Waals surface area contributed by atoms with E-state index in [2.05, 4.69) is 59.8 Å². The fourth-order valence-electron chi connectivity index (χ4n) is 4.46. The largest absolute Gasteiger partial charge is 2.00 e. The molecule has 2 heterocycles. The van der Waals surface area contributed by atoms with Crippen LogP contribution in [0.2, 0.25) is 0 Å². The third-order valence-electron chi connectivity index (χ3n) is 6.61. The fourth-order valence-corrected chi connectivity index (χ4v) is 4.82. The van der Waals surface area contributed by atoms with Gasteiger partial charge in [0.2, 0.25) is 0 Å². The van der Waals surface area contributed by atoms with Gasteiger partial charge in [-0.3, -0.25) is 0 Å². The molecule has 4 nitrogen and oxygen atoms in total. The molecule has 0 fully saturated rings. The molecule has 0 saturated carbocycles. The Kier molecular flexibility index (Phi) is 6.61. The molecule has 4 aromatic rings. The smallest absolute Gasteiger partial charge is 0.383 e. The van der Waals surface area contributed by atoms with Crippen molar-refractivity contribution >= 4 is 46.5 Å². The number of fused-ring (bicyclic) bond motifs is 2. The SMILES string of the molecule is Cc1c(C)[c-](C)c2c1n(C)c(=S)n2C.Cc1c(C)[c-](C)c2c1n(C)c(=S)n2C.[Fe+2]. The van der Waals surface area contributed by atoms with Crippen LogP contribution >= 0.6 is 24.4 Å². The number of hydrogen-bond donors (Lipinski definition) is 0. The number of aryl methyl sites for hydroxylation is 8. The molecule has 0 bridgehead atoms. The average molecular weight is 470 g/mol. The number of imidazole rings is 2. The predicted octanol–water partition coefficient (Wildman–Crippen LogP) is 5.78. The Bertz CT molecular complexity index is 1150. The number of nitrogens with zero attached hydrogens (tertiary/aromatic N) is 4. The van der Waals surface area contributed by atoms with Crippen molar-refractivity contribution in [3.63, 3.8) is 0 Å². The average Bonchev–Trinajstić information content (AvgIpc) is 3.21. The Morgan fingerprint density at radius 2 is 0.862 bits per heavy atom. The molecule has 0 amide bonds. The molecule has 4 rings (SSSR count). The summed E-state index contributed by atoms with van der Waals surface area (Å²) in [5.41, 5.74) is 13.3. The Balaban J connectivity index is 0.000000200. The van der Waals surface area contributed by atoms with Crippen molar-refractivity contribution in [3.05, 3.63) is 42.9 Å². The Morgan fingerprint density at radius 3 is 1.10 bits per heavy atom. The molecule has 158 valence electrons. The number of rotatable bonds is 0. The molecular formula is C22H30FeN4S2. The van der Waals surface area contributed by atoms with E-state index >= 15 is 0 Å². The van der Waals surface area contributed by atoms with Crippen LogP contribution in [-0.4, -0.2) is 18.3 Å². The first-order valence-electron chi connectivity index (χ1n) is 9.49. The second-order valence-corrected chi connectivity index (χ2v) is 8.68. The van der Waals surface area contributed by atoms with Crippen LogP contribution in [0.5, 0.6) is 0 Å². The normalized spacial score (nSPS) is 11.1. The van der Waals surface area contributed by atoms with Gasteiger partial charge in [0, 0.05) is 28.2 Å². The molecule has 0 unspecified atom stereocenters. The topological polar surface area (TPSA) is 19.7 Å². The number of aromatic nitrogens is 4. The summed E-state index contributed by atoms with van der Waals surface area (Å²) >= 11 is 10.7. The van der Waals surface area contributed by atoms with Crippen molar-refractivity contribution in [3.8, 4) is 0 Å². The van der Waals surface area contributed by atoms with Gasteiger partial charge in [0.1, 0.15) is 0 Å². The van der Waals surface area contributed by atoms with Crippen molar-refractivity contribution in [2.45, 2.75) is 41.5 Å². The minimum Gasteiger partial charge on any atom is -0.383 e. The van der Waals surface area contributed by atoms with E-state index in [0.29, 0.717) is 0 Å². The summed E-state index contributed by atoms with van der Waals surface area (Å²) in [4.78, 5) is 0. The molecule has 0 aliphatic carbocycles. The molecule has 2 aromatic heterocycles. The summed E-state index contributed by atoms with van der Waals surface area (Å²) in [5, 5.41) is 0. The zero-order chi connectivity index (χ0) is 21.2. The van der Waals surface area contributed by atoms with E-state index < -0.39 is 0 Å². The molecule has 0 radical (unpaired) electrons. The van der Waals surface area contributed by atoms with Crippen LogP contribution in [0.15, 0.2) is 0 Å². The van der Waals surface area contributed by atoms with Gasteiger partial charge in [0.05, 0.1) is 0 Å². The van der Waals surface area contributed by atoms with Crippen LogP contribution in [-0.2, 0) is 45.3 Å². The third-order valence-corrected chi connectivity index (χ3v) is 7.70. The van der Waals surface area contributed by atoms with Crippen LogP contribution in [0.3, 0.4) is 0 Å². The molecule has 0 N–H and O–H groups in total. The maximum Gasteiger partial charge on any atom is 2.00 e. The molecule has 0 spiro atoms. The van der Waals surface area contributed by atoms with Crippen molar-refractivity contribution < 1.29 is 17.1 Å². The molecular weight excluding hydrogens is 440 g/mol. The summed E-state index contributed by atoms with van der Waals surface area (Å²) in [7, 11) is 8.15. The summed E-state index contributed by atoms with van der Waals surface area (Å²) in [6.07, 6.45) is 0. The molecule has 0 aliphatic heterocycles. The summed E-state index contributed by atoms with van der Waals surface area (Å²) in [6, 6.07) is 0. The molecule has 0 saturated heterocycles. The van der Waals surface area contributed by atoms with E-state index in [-0.39, 0.29) is 17.1 Å². The molecule has 29 heavy (non-hydrogen) atoms. The van der Waals surface area contributed by atoms with E-state index in [4.69, 9.17) is 24.4 Å².